The topological polar surface area (TPSA) is 98.9 Å². The molecule has 3 aromatic carbocycles. The van der Waals surface area contributed by atoms with Gasteiger partial charge in [0.15, 0.2) is 11.5 Å². The van der Waals surface area contributed by atoms with Crippen LogP contribution in [0.15, 0.2) is 54.6 Å². The third kappa shape index (κ3) is 4.43. The molecule has 1 atom stereocenters. The second kappa shape index (κ2) is 7.99. The summed E-state index contributed by atoms with van der Waals surface area (Å²) in [6, 6.07) is 14.2. The zero-order valence-electron chi connectivity index (χ0n) is 15.8. The molecule has 31 heavy (non-hydrogen) atoms. The van der Waals surface area contributed by atoms with Crippen LogP contribution in [-0.4, -0.2) is 20.1 Å². The highest BCUT2D eigenvalue weighted by Gasteiger charge is 2.32. The first-order valence-electron chi connectivity index (χ1n) is 8.99. The molecule has 4 rings (SSSR count). The highest BCUT2D eigenvalue weighted by molar-refractivity contribution is 7.88. The average Bonchev–Trinajstić information content (AvgIpc) is 2.67. The van der Waals surface area contributed by atoms with Gasteiger partial charge in [0, 0.05) is 10.6 Å². The summed E-state index contributed by atoms with van der Waals surface area (Å²) in [6.45, 7) is -3.17. The fourth-order valence-electron chi connectivity index (χ4n) is 3.60. The first kappa shape index (κ1) is 21.4. The predicted octanol–water partition coefficient (Wildman–Crippen LogP) is 4.58. The zero-order valence-corrected chi connectivity index (χ0v) is 17.3. The van der Waals surface area contributed by atoms with Crippen LogP contribution in [-0.2, 0) is 15.8 Å². The standard InChI is InChI=1S/C21H16ClF2NO5S/c22-13-3-1-2-12(9-13)19-15-8-11(10-31(25,27)28)4-5-14(15)18-17(29-19)7-6-16(26)20(18)30-21(23)24/h1-9,19,21,26H,10H2,(H2,25,27,28). The average molecular weight is 468 g/mol. The van der Waals surface area contributed by atoms with Gasteiger partial charge in [0.25, 0.3) is 0 Å². The van der Waals surface area contributed by atoms with Gasteiger partial charge >= 0.3 is 6.61 Å². The minimum Gasteiger partial charge on any atom is -0.504 e. The lowest BCUT2D eigenvalue weighted by Gasteiger charge is -2.31. The Kier molecular flexibility index (Phi) is 5.50. The fraction of sp³-hybridized carbons (Fsp3) is 0.143. The third-order valence-corrected chi connectivity index (χ3v) is 5.71. The van der Waals surface area contributed by atoms with E-state index in [9.17, 15) is 22.3 Å². The van der Waals surface area contributed by atoms with Crippen LogP contribution in [0.3, 0.4) is 0 Å². The van der Waals surface area contributed by atoms with Crippen LogP contribution in [0, 0.1) is 0 Å². The third-order valence-electron chi connectivity index (χ3n) is 4.74. The molecule has 10 heteroatoms. The summed E-state index contributed by atoms with van der Waals surface area (Å²) >= 11 is 6.13. The van der Waals surface area contributed by atoms with Gasteiger partial charge in [-0.05, 0) is 41.0 Å². The summed E-state index contributed by atoms with van der Waals surface area (Å²) in [7, 11) is -3.81. The zero-order chi connectivity index (χ0) is 22.3. The molecular formula is C21H16ClF2NO5S. The minimum atomic E-state index is -3.81. The number of alkyl halides is 2. The van der Waals surface area contributed by atoms with Crippen molar-refractivity contribution in [2.75, 3.05) is 0 Å². The second-order valence-electron chi connectivity index (χ2n) is 6.95. The molecule has 0 radical (unpaired) electrons. The van der Waals surface area contributed by atoms with E-state index in [4.69, 9.17) is 21.5 Å². The van der Waals surface area contributed by atoms with Crippen molar-refractivity contribution in [3.05, 3.63) is 76.3 Å². The normalized spacial score (nSPS) is 15.2. The number of rotatable bonds is 5. The van der Waals surface area contributed by atoms with Crippen molar-refractivity contribution >= 4 is 21.6 Å². The highest BCUT2D eigenvalue weighted by atomic mass is 35.5. The number of ether oxygens (including phenoxy) is 2. The van der Waals surface area contributed by atoms with Crippen LogP contribution in [0.1, 0.15) is 22.8 Å². The van der Waals surface area contributed by atoms with Gasteiger partial charge in [0.2, 0.25) is 10.0 Å². The van der Waals surface area contributed by atoms with Gasteiger partial charge in [0.1, 0.15) is 11.9 Å². The number of halogens is 3. The number of nitrogens with two attached hydrogens (primary N) is 1. The molecule has 0 aromatic heterocycles. The van der Waals surface area contributed by atoms with E-state index in [0.717, 1.165) is 0 Å². The second-order valence-corrected chi connectivity index (χ2v) is 9.00. The number of hydrogen-bond donors (Lipinski definition) is 2. The SMILES string of the molecule is NS(=O)(=O)Cc1ccc2c(c1)C(c1cccc(Cl)c1)Oc1ccc(O)c(OC(F)F)c1-2. The molecule has 1 aliphatic heterocycles. The summed E-state index contributed by atoms with van der Waals surface area (Å²) in [5.74, 6) is -1.12. The largest absolute Gasteiger partial charge is 0.504 e. The molecule has 0 fully saturated rings. The summed E-state index contributed by atoms with van der Waals surface area (Å²) < 4.78 is 59.8. The monoisotopic (exact) mass is 467 g/mol. The van der Waals surface area contributed by atoms with E-state index < -0.39 is 40.0 Å². The predicted molar refractivity (Wildman–Crippen MR) is 111 cm³/mol. The number of primary sulfonamides is 1. The Morgan fingerprint density at radius 3 is 2.61 bits per heavy atom. The highest BCUT2D eigenvalue weighted by Crippen LogP contribution is 2.52. The molecule has 0 saturated heterocycles. The summed E-state index contributed by atoms with van der Waals surface area (Å²) in [4.78, 5) is 0. The summed E-state index contributed by atoms with van der Waals surface area (Å²) in [5.41, 5.74) is 2.11. The van der Waals surface area contributed by atoms with Crippen LogP contribution < -0.4 is 14.6 Å². The summed E-state index contributed by atoms with van der Waals surface area (Å²) in [6.07, 6.45) is -0.717. The molecule has 162 valence electrons. The van der Waals surface area contributed by atoms with E-state index >= 15 is 0 Å². The first-order valence-corrected chi connectivity index (χ1v) is 11.1. The van der Waals surface area contributed by atoms with E-state index in [2.05, 4.69) is 4.74 Å². The van der Waals surface area contributed by atoms with Crippen molar-refractivity contribution in [1.82, 2.24) is 0 Å². The van der Waals surface area contributed by atoms with Crippen molar-refractivity contribution in [3.8, 4) is 28.4 Å². The Morgan fingerprint density at radius 1 is 1.16 bits per heavy atom. The molecule has 0 aliphatic carbocycles. The fourth-order valence-corrected chi connectivity index (χ4v) is 4.44. The van der Waals surface area contributed by atoms with Gasteiger partial charge in [-0.2, -0.15) is 8.78 Å². The molecule has 1 heterocycles. The van der Waals surface area contributed by atoms with Crippen molar-refractivity contribution < 1.29 is 31.8 Å². The Bertz CT molecular complexity index is 1270. The molecule has 0 saturated carbocycles. The Morgan fingerprint density at radius 2 is 1.94 bits per heavy atom. The van der Waals surface area contributed by atoms with Gasteiger partial charge < -0.3 is 14.6 Å². The van der Waals surface area contributed by atoms with Crippen LogP contribution in [0.25, 0.3) is 11.1 Å². The number of phenols is 1. The molecular weight excluding hydrogens is 452 g/mol. The quantitative estimate of drug-likeness (QED) is 0.572. The van der Waals surface area contributed by atoms with Crippen molar-refractivity contribution in [1.29, 1.82) is 0 Å². The number of phenolic OH excluding ortho intramolecular Hbond substituents is 1. The molecule has 0 amide bonds. The van der Waals surface area contributed by atoms with E-state index in [1.165, 1.54) is 18.2 Å². The van der Waals surface area contributed by atoms with Gasteiger partial charge in [-0.1, -0.05) is 41.9 Å². The maximum atomic E-state index is 13.0. The van der Waals surface area contributed by atoms with Crippen LogP contribution >= 0.6 is 11.6 Å². The Balaban J connectivity index is 1.95. The van der Waals surface area contributed by atoms with E-state index in [-0.39, 0.29) is 11.3 Å². The maximum Gasteiger partial charge on any atom is 0.387 e. The van der Waals surface area contributed by atoms with Crippen LogP contribution in [0.5, 0.6) is 17.2 Å². The Hall–Kier alpha value is -2.88. The van der Waals surface area contributed by atoms with Gasteiger partial charge in [-0.3, -0.25) is 0 Å². The van der Waals surface area contributed by atoms with E-state index in [0.29, 0.717) is 27.3 Å². The molecule has 1 unspecified atom stereocenters. The lowest BCUT2D eigenvalue weighted by molar-refractivity contribution is -0.0510. The molecule has 3 aromatic rings. The smallest absolute Gasteiger partial charge is 0.387 e. The minimum absolute atomic E-state index is 0.135. The van der Waals surface area contributed by atoms with Gasteiger partial charge in [-0.25, -0.2) is 13.6 Å². The number of fused-ring (bicyclic) bond motifs is 3. The molecule has 6 nitrogen and oxygen atoms in total. The van der Waals surface area contributed by atoms with Crippen LogP contribution in [0.2, 0.25) is 5.02 Å². The van der Waals surface area contributed by atoms with Crippen molar-refractivity contribution in [2.24, 2.45) is 5.14 Å². The van der Waals surface area contributed by atoms with Gasteiger partial charge in [-0.15, -0.1) is 0 Å². The van der Waals surface area contributed by atoms with Gasteiger partial charge in [0.05, 0.1) is 11.3 Å². The van der Waals surface area contributed by atoms with Crippen molar-refractivity contribution in [3.63, 3.8) is 0 Å². The number of benzene rings is 3. The molecule has 1 aliphatic rings. The molecule has 0 bridgehead atoms. The summed E-state index contributed by atoms with van der Waals surface area (Å²) in [5, 5.41) is 15.8. The lowest BCUT2D eigenvalue weighted by Crippen LogP contribution is -2.18. The first-order chi connectivity index (χ1) is 14.6. The lowest BCUT2D eigenvalue weighted by atomic mass is 9.88. The molecule has 3 N–H and O–H groups in total. The number of aromatic hydroxyl groups is 1. The molecule has 0 spiro atoms. The number of hydrogen-bond acceptors (Lipinski definition) is 5. The number of sulfonamides is 1. The maximum absolute atomic E-state index is 13.0. The Labute approximate surface area is 181 Å². The van der Waals surface area contributed by atoms with E-state index in [1.807, 2.05) is 0 Å². The van der Waals surface area contributed by atoms with Crippen molar-refractivity contribution in [2.45, 2.75) is 18.5 Å². The van der Waals surface area contributed by atoms with Crippen LogP contribution in [0.4, 0.5) is 8.78 Å². The van der Waals surface area contributed by atoms with E-state index in [1.54, 1.807) is 36.4 Å².